The molecule has 5 aromatic rings. The number of phenolic OH excluding ortho intramolecular Hbond substituents is 2. The zero-order valence-electron chi connectivity index (χ0n) is 35.1. The molecule has 5 rings (SSSR count). The Morgan fingerprint density at radius 2 is 1.30 bits per heavy atom. The van der Waals surface area contributed by atoms with Crippen LogP contribution in [0.3, 0.4) is 0 Å². The molecule has 4 amide bonds. The van der Waals surface area contributed by atoms with Gasteiger partial charge in [-0.15, -0.1) is 0 Å². The third kappa shape index (κ3) is 11.6. The van der Waals surface area contributed by atoms with Crippen LogP contribution in [0.4, 0.5) is 22.7 Å². The molecular weight excluding hydrogens is 881 g/mol. The molecule has 0 aliphatic carbocycles. The van der Waals surface area contributed by atoms with Crippen LogP contribution < -0.4 is 41.3 Å². The van der Waals surface area contributed by atoms with Crippen LogP contribution in [0.2, 0.25) is 0 Å². The maximum atomic E-state index is 13.5. The summed E-state index contributed by atoms with van der Waals surface area (Å²) in [6.07, 6.45) is 2.13. The number of aromatic hydroxyl groups is 3. The zero-order chi connectivity index (χ0) is 48.3. The molecule has 22 heteroatoms. The lowest BCUT2D eigenvalue weighted by Crippen LogP contribution is -2.45. The number of nitrogens with one attached hydrogen (secondary N) is 6. The van der Waals surface area contributed by atoms with Crippen LogP contribution >= 0.6 is 0 Å². The van der Waals surface area contributed by atoms with E-state index in [-0.39, 0.29) is 51.2 Å². The molecule has 1 atom stereocenters. The smallest absolute Gasteiger partial charge is 0.339 e. The fourth-order valence-electron chi connectivity index (χ4n) is 6.06. The van der Waals surface area contributed by atoms with Crippen LogP contribution in [0.25, 0.3) is 6.08 Å². The standard InChI is InChI=1S/C44H42N8O13S/c1-23(20-24-4-12-29(53)13-5-24)40(56)47-26-8-6-25(7-9-26)41(57)50-35(21-28(22-45)51-46)43(59)48-27-10-14-30(15-11-27)66(62,63)52-34-19-16-31(36(54)39(34)65-3)42(58)49-33-18-17-32(44(60)61)37(55)38(33)64-2/h4-20,22,35,45,52-55H,21,46H2,1-3H3,(H,47,56)(H,48,59)(H,49,58)(H,50,57)(H,60,61)/b23-20+,45-22?,51-28?/t35-/m0/s1. The lowest BCUT2D eigenvalue weighted by atomic mass is 10.1. The monoisotopic (exact) mass is 922 g/mol. The average Bonchev–Trinajstić information content (AvgIpc) is 3.28. The summed E-state index contributed by atoms with van der Waals surface area (Å²) >= 11 is 0. The number of hydrogen-bond acceptors (Lipinski definition) is 15. The van der Waals surface area contributed by atoms with Gasteiger partial charge in [-0.1, -0.05) is 12.1 Å². The first-order valence-corrected chi connectivity index (χ1v) is 20.6. The first-order valence-electron chi connectivity index (χ1n) is 19.1. The number of phenols is 3. The molecule has 66 heavy (non-hydrogen) atoms. The minimum absolute atomic E-state index is 0.0420. The van der Waals surface area contributed by atoms with Crippen molar-refractivity contribution in [3.8, 4) is 28.7 Å². The van der Waals surface area contributed by atoms with Gasteiger partial charge < -0.3 is 62.4 Å². The van der Waals surface area contributed by atoms with Crippen molar-refractivity contribution in [2.45, 2.75) is 24.3 Å². The van der Waals surface area contributed by atoms with E-state index in [1.807, 2.05) is 0 Å². The van der Waals surface area contributed by atoms with E-state index in [1.165, 1.54) is 48.5 Å². The SMILES string of the molecule is COc1c(NC(=O)c2ccc(NS(=O)(=O)c3ccc(NC(=O)[C@H](CC(C=N)=NN)NC(=O)c4ccc(NC(=O)/C(C)=C/c5ccc(O)cc5)cc4)cc3)c(OC)c2O)ccc(C(=O)O)c1O. The van der Waals surface area contributed by atoms with Crippen molar-refractivity contribution in [3.05, 3.63) is 125 Å². The van der Waals surface area contributed by atoms with Crippen LogP contribution in [0.15, 0.2) is 113 Å². The Morgan fingerprint density at radius 1 is 0.742 bits per heavy atom. The van der Waals surface area contributed by atoms with Gasteiger partial charge in [-0.25, -0.2) is 13.2 Å². The van der Waals surface area contributed by atoms with Crippen molar-refractivity contribution in [2.75, 3.05) is 34.9 Å². The molecular formula is C44H42N8O13S. The van der Waals surface area contributed by atoms with Crippen molar-refractivity contribution in [1.82, 2.24) is 5.32 Å². The summed E-state index contributed by atoms with van der Waals surface area (Å²) in [6.45, 7) is 1.61. The topological polar surface area (TPSA) is 341 Å². The number of hydrogen-bond donors (Lipinski definition) is 11. The molecule has 0 unspecified atom stereocenters. The Labute approximate surface area is 376 Å². The molecule has 0 aliphatic heterocycles. The van der Waals surface area contributed by atoms with Crippen LogP contribution in [0, 0.1) is 5.41 Å². The number of methoxy groups -OCH3 is 2. The number of carbonyl (C=O) groups excluding carboxylic acids is 4. The first kappa shape index (κ1) is 48.1. The highest BCUT2D eigenvalue weighted by Gasteiger charge is 2.27. The van der Waals surface area contributed by atoms with Gasteiger partial charge >= 0.3 is 5.97 Å². The number of nitrogens with two attached hydrogens (primary N) is 1. The maximum absolute atomic E-state index is 13.5. The zero-order valence-corrected chi connectivity index (χ0v) is 35.9. The summed E-state index contributed by atoms with van der Waals surface area (Å²) in [6, 6.07) is 19.9. The number of anilines is 4. The summed E-state index contributed by atoms with van der Waals surface area (Å²) in [5.74, 6) is -1.19. The molecule has 0 spiro atoms. The van der Waals surface area contributed by atoms with Gasteiger partial charge in [0, 0.05) is 35.1 Å². The maximum Gasteiger partial charge on any atom is 0.339 e. The Hall–Kier alpha value is -8.92. The van der Waals surface area contributed by atoms with Crippen LogP contribution in [-0.2, 0) is 19.6 Å². The largest absolute Gasteiger partial charge is 0.508 e. The fraction of sp³-hybridized carbons (Fsp3) is 0.114. The van der Waals surface area contributed by atoms with E-state index in [0.29, 0.717) is 16.8 Å². The molecule has 0 bridgehead atoms. The first-order chi connectivity index (χ1) is 31.4. The number of sulfonamides is 1. The van der Waals surface area contributed by atoms with Crippen LogP contribution in [0.5, 0.6) is 28.7 Å². The van der Waals surface area contributed by atoms with Gasteiger partial charge in [0.2, 0.25) is 5.91 Å². The molecule has 0 radical (unpaired) electrons. The minimum Gasteiger partial charge on any atom is -0.508 e. The van der Waals surface area contributed by atoms with Gasteiger partial charge in [-0.3, -0.25) is 23.9 Å². The van der Waals surface area contributed by atoms with Crippen molar-refractivity contribution < 1.29 is 62.3 Å². The normalized spacial score (nSPS) is 11.9. The highest BCUT2D eigenvalue weighted by Crippen LogP contribution is 2.41. The van der Waals surface area contributed by atoms with Crippen molar-refractivity contribution in [2.24, 2.45) is 10.9 Å². The molecule has 0 heterocycles. The average molecular weight is 923 g/mol. The number of carbonyl (C=O) groups is 5. The number of amides is 4. The van der Waals surface area contributed by atoms with E-state index in [9.17, 15) is 52.8 Å². The third-order valence-electron chi connectivity index (χ3n) is 9.48. The third-order valence-corrected chi connectivity index (χ3v) is 10.9. The number of carboxylic acid groups (broad SMARTS) is 1. The molecule has 5 aromatic carbocycles. The molecule has 21 nitrogen and oxygen atoms in total. The molecule has 0 aromatic heterocycles. The number of hydrazone groups is 1. The molecule has 12 N–H and O–H groups in total. The molecule has 0 saturated heterocycles. The number of benzene rings is 5. The van der Waals surface area contributed by atoms with Gasteiger partial charge in [0.25, 0.3) is 27.7 Å². The summed E-state index contributed by atoms with van der Waals surface area (Å²) < 4.78 is 39.5. The Bertz CT molecular complexity index is 2870. The Morgan fingerprint density at radius 3 is 1.89 bits per heavy atom. The molecule has 0 aliphatic rings. The van der Waals surface area contributed by atoms with Crippen LogP contribution in [-0.4, -0.2) is 90.6 Å². The predicted octanol–water partition coefficient (Wildman–Crippen LogP) is 4.71. The van der Waals surface area contributed by atoms with Crippen molar-refractivity contribution >= 4 is 80.4 Å². The second kappa shape index (κ2) is 21.0. The van der Waals surface area contributed by atoms with Gasteiger partial charge in [0.1, 0.15) is 17.4 Å². The van der Waals surface area contributed by atoms with Gasteiger partial charge in [0.05, 0.1) is 41.8 Å². The van der Waals surface area contributed by atoms with E-state index in [0.717, 1.165) is 56.8 Å². The number of aromatic carboxylic acids is 1. The number of ether oxygens (including phenoxy) is 2. The highest BCUT2D eigenvalue weighted by molar-refractivity contribution is 7.92. The Balaban J connectivity index is 1.25. The lowest BCUT2D eigenvalue weighted by molar-refractivity contribution is -0.117. The minimum atomic E-state index is -4.42. The summed E-state index contributed by atoms with van der Waals surface area (Å²) in [4.78, 5) is 63.8. The van der Waals surface area contributed by atoms with E-state index in [4.69, 9.17) is 20.7 Å². The molecule has 0 saturated carbocycles. The molecule has 0 fully saturated rings. The summed E-state index contributed by atoms with van der Waals surface area (Å²) in [5.41, 5.74) is 0.297. The van der Waals surface area contributed by atoms with Gasteiger partial charge in [0.15, 0.2) is 23.0 Å². The van der Waals surface area contributed by atoms with Crippen LogP contribution in [0.1, 0.15) is 50.0 Å². The van der Waals surface area contributed by atoms with E-state index in [1.54, 1.807) is 25.1 Å². The summed E-state index contributed by atoms with van der Waals surface area (Å²) in [5, 5.41) is 61.3. The number of nitrogens with zero attached hydrogens (tertiary/aromatic N) is 1. The van der Waals surface area contributed by atoms with Crippen molar-refractivity contribution in [1.29, 1.82) is 5.41 Å². The highest BCUT2D eigenvalue weighted by atomic mass is 32.2. The van der Waals surface area contributed by atoms with Gasteiger partial charge in [-0.05, 0) is 103 Å². The van der Waals surface area contributed by atoms with E-state index in [2.05, 4.69) is 31.1 Å². The Kier molecular flexibility index (Phi) is 15.3. The fourth-order valence-corrected chi connectivity index (χ4v) is 7.12. The lowest BCUT2D eigenvalue weighted by Gasteiger charge is -2.19. The second-order valence-corrected chi connectivity index (χ2v) is 15.6. The predicted molar refractivity (Wildman–Crippen MR) is 243 cm³/mol. The van der Waals surface area contributed by atoms with E-state index >= 15 is 0 Å². The van der Waals surface area contributed by atoms with Gasteiger partial charge in [-0.2, -0.15) is 5.10 Å². The number of rotatable bonds is 18. The van der Waals surface area contributed by atoms with E-state index < -0.39 is 74.0 Å². The summed E-state index contributed by atoms with van der Waals surface area (Å²) in [7, 11) is -2.18. The quantitative estimate of drug-likeness (QED) is 0.0246. The molecule has 342 valence electrons. The second-order valence-electron chi connectivity index (χ2n) is 13.9. The van der Waals surface area contributed by atoms with Crippen molar-refractivity contribution in [3.63, 3.8) is 0 Å². The number of carboxylic acids is 1.